The molecule has 8 heteroatoms. The largest absolute Gasteiger partial charge is 0.495 e. The number of nitrogens with zero attached hydrogens (tertiary/aromatic N) is 1. The van der Waals surface area contributed by atoms with Crippen molar-refractivity contribution < 1.29 is 18.7 Å². The summed E-state index contributed by atoms with van der Waals surface area (Å²) in [7, 11) is 1.51. The fourth-order valence-electron chi connectivity index (χ4n) is 2.96. The van der Waals surface area contributed by atoms with Crippen molar-refractivity contribution in [3.8, 4) is 5.75 Å². The van der Waals surface area contributed by atoms with Crippen LogP contribution in [0.4, 0.5) is 5.69 Å². The average Bonchev–Trinajstić information content (AvgIpc) is 3.07. The molecule has 0 saturated carbocycles. The predicted octanol–water partition coefficient (Wildman–Crippen LogP) is 3.22. The molecule has 1 aliphatic rings. The summed E-state index contributed by atoms with van der Waals surface area (Å²) in [5, 5.41) is 3.04. The molecule has 0 radical (unpaired) electrons. The second-order valence-corrected chi connectivity index (χ2v) is 7.49. The van der Waals surface area contributed by atoms with Gasteiger partial charge >= 0.3 is 5.63 Å². The average molecular weight is 408 g/mol. The van der Waals surface area contributed by atoms with Crippen LogP contribution in [-0.2, 0) is 9.59 Å². The molecule has 146 valence electrons. The Morgan fingerprint density at radius 2 is 1.93 bits per heavy atom. The topological polar surface area (TPSA) is 98.0 Å². The highest BCUT2D eigenvalue weighted by atomic mass is 32.2. The van der Waals surface area contributed by atoms with Crippen LogP contribution in [0.15, 0.2) is 68.8 Å². The molecule has 2 aromatic carbocycles. The van der Waals surface area contributed by atoms with Gasteiger partial charge in [-0.2, -0.15) is 0 Å². The van der Waals surface area contributed by atoms with E-state index in [0.29, 0.717) is 17.0 Å². The molecule has 4 rings (SSSR count). The first-order valence-electron chi connectivity index (χ1n) is 8.80. The SMILES string of the molecule is COc1ccccc1NC(=O)C[C@@H]1SC(c2cc3ccccc3oc2=O)=NC1=O. The first kappa shape index (κ1) is 18.9. The van der Waals surface area contributed by atoms with Gasteiger partial charge in [0.25, 0.3) is 5.91 Å². The molecule has 2 heterocycles. The number of carbonyl (C=O) groups excluding carboxylic acids is 2. The van der Waals surface area contributed by atoms with E-state index in [-0.39, 0.29) is 22.9 Å². The van der Waals surface area contributed by atoms with Crippen LogP contribution in [0.3, 0.4) is 0 Å². The van der Waals surface area contributed by atoms with E-state index >= 15 is 0 Å². The molecule has 0 aliphatic carbocycles. The van der Waals surface area contributed by atoms with Gasteiger partial charge in [0.15, 0.2) is 0 Å². The van der Waals surface area contributed by atoms with Crippen LogP contribution in [-0.4, -0.2) is 29.2 Å². The van der Waals surface area contributed by atoms with Crippen molar-refractivity contribution in [2.24, 2.45) is 4.99 Å². The van der Waals surface area contributed by atoms with Gasteiger partial charge in [0.2, 0.25) is 5.91 Å². The van der Waals surface area contributed by atoms with Gasteiger partial charge in [0, 0.05) is 11.8 Å². The Balaban J connectivity index is 1.49. The number of rotatable bonds is 5. The van der Waals surface area contributed by atoms with E-state index in [0.717, 1.165) is 17.1 Å². The number of aliphatic imine (C=N–C) groups is 1. The fourth-order valence-corrected chi connectivity index (χ4v) is 4.03. The summed E-state index contributed by atoms with van der Waals surface area (Å²) >= 11 is 1.09. The molecule has 1 aliphatic heterocycles. The number of ether oxygens (including phenoxy) is 1. The number of amides is 2. The maximum atomic E-state index is 12.4. The van der Waals surface area contributed by atoms with Gasteiger partial charge in [-0.1, -0.05) is 42.1 Å². The van der Waals surface area contributed by atoms with Crippen LogP contribution in [0.2, 0.25) is 0 Å². The van der Waals surface area contributed by atoms with Crippen molar-refractivity contribution in [2.75, 3.05) is 12.4 Å². The van der Waals surface area contributed by atoms with E-state index in [2.05, 4.69) is 10.3 Å². The van der Waals surface area contributed by atoms with E-state index < -0.39 is 16.8 Å². The number of hydrogen-bond acceptors (Lipinski definition) is 6. The molecular weight excluding hydrogens is 392 g/mol. The summed E-state index contributed by atoms with van der Waals surface area (Å²) in [6.45, 7) is 0. The van der Waals surface area contributed by atoms with E-state index in [9.17, 15) is 14.4 Å². The smallest absolute Gasteiger partial charge is 0.346 e. The van der Waals surface area contributed by atoms with Crippen LogP contribution in [0, 0.1) is 0 Å². The monoisotopic (exact) mass is 408 g/mol. The van der Waals surface area contributed by atoms with Gasteiger partial charge in [-0.05, 0) is 24.3 Å². The molecule has 0 bridgehead atoms. The van der Waals surface area contributed by atoms with Crippen molar-refractivity contribution in [1.29, 1.82) is 0 Å². The Morgan fingerprint density at radius 1 is 1.17 bits per heavy atom. The van der Waals surface area contributed by atoms with Crippen LogP contribution in [0.5, 0.6) is 5.75 Å². The molecule has 0 unspecified atom stereocenters. The number of methoxy groups -OCH3 is 1. The summed E-state index contributed by atoms with van der Waals surface area (Å²) in [4.78, 5) is 41.0. The molecule has 1 N–H and O–H groups in total. The second-order valence-electron chi connectivity index (χ2n) is 6.30. The number of para-hydroxylation sites is 3. The van der Waals surface area contributed by atoms with E-state index in [1.807, 2.05) is 12.1 Å². The zero-order chi connectivity index (χ0) is 20.4. The number of fused-ring (bicyclic) bond motifs is 1. The molecule has 0 saturated heterocycles. The summed E-state index contributed by atoms with van der Waals surface area (Å²) in [5.74, 6) is -0.271. The first-order chi connectivity index (χ1) is 14.0. The Bertz CT molecular complexity index is 1200. The number of carbonyl (C=O) groups is 2. The molecule has 1 atom stereocenters. The van der Waals surface area contributed by atoms with Crippen molar-refractivity contribution in [1.82, 2.24) is 0 Å². The number of thioether (sulfide) groups is 1. The third-order valence-electron chi connectivity index (χ3n) is 4.36. The number of nitrogens with one attached hydrogen (secondary N) is 1. The van der Waals surface area contributed by atoms with Gasteiger partial charge in [-0.3, -0.25) is 9.59 Å². The Labute approximate surface area is 169 Å². The molecule has 0 fully saturated rings. The van der Waals surface area contributed by atoms with E-state index in [1.165, 1.54) is 7.11 Å². The highest BCUT2D eigenvalue weighted by Crippen LogP contribution is 2.30. The Morgan fingerprint density at radius 3 is 2.76 bits per heavy atom. The van der Waals surface area contributed by atoms with Crippen LogP contribution < -0.4 is 15.7 Å². The lowest BCUT2D eigenvalue weighted by Gasteiger charge is -2.11. The van der Waals surface area contributed by atoms with Gasteiger partial charge in [0.1, 0.15) is 21.6 Å². The van der Waals surface area contributed by atoms with Crippen molar-refractivity contribution in [2.45, 2.75) is 11.7 Å². The lowest BCUT2D eigenvalue weighted by Crippen LogP contribution is -2.21. The maximum Gasteiger partial charge on any atom is 0.346 e. The van der Waals surface area contributed by atoms with Crippen LogP contribution in [0.25, 0.3) is 11.0 Å². The number of hydrogen-bond donors (Lipinski definition) is 1. The standard InChI is InChI=1S/C21H16N2O5S/c1-27-16-9-5-3-7-14(16)22-18(24)11-17-19(25)23-20(29-17)13-10-12-6-2-4-8-15(12)28-21(13)26/h2-10,17H,11H2,1H3,(H,22,24)/t17-/m0/s1. The molecule has 29 heavy (non-hydrogen) atoms. The predicted molar refractivity (Wildman–Crippen MR) is 112 cm³/mol. The summed E-state index contributed by atoms with van der Waals surface area (Å²) < 4.78 is 10.5. The first-order valence-corrected chi connectivity index (χ1v) is 9.68. The summed E-state index contributed by atoms with van der Waals surface area (Å²) in [5.41, 5.74) is 0.632. The summed E-state index contributed by atoms with van der Waals surface area (Å²) in [6.07, 6.45) is -0.0759. The molecule has 0 spiro atoms. The third-order valence-corrected chi connectivity index (χ3v) is 5.55. The zero-order valence-corrected chi connectivity index (χ0v) is 16.2. The van der Waals surface area contributed by atoms with Gasteiger partial charge in [-0.15, -0.1) is 0 Å². The summed E-state index contributed by atoms with van der Waals surface area (Å²) in [6, 6.07) is 15.8. The van der Waals surface area contributed by atoms with Crippen molar-refractivity contribution in [3.05, 3.63) is 70.6 Å². The zero-order valence-electron chi connectivity index (χ0n) is 15.4. The number of benzene rings is 2. The minimum Gasteiger partial charge on any atom is -0.495 e. The van der Waals surface area contributed by atoms with Crippen LogP contribution >= 0.6 is 11.8 Å². The molecule has 7 nitrogen and oxygen atoms in total. The van der Waals surface area contributed by atoms with Gasteiger partial charge < -0.3 is 14.5 Å². The highest BCUT2D eigenvalue weighted by molar-refractivity contribution is 8.16. The lowest BCUT2D eigenvalue weighted by molar-refractivity contribution is -0.121. The van der Waals surface area contributed by atoms with Crippen LogP contribution in [0.1, 0.15) is 12.0 Å². The lowest BCUT2D eigenvalue weighted by atomic mass is 10.2. The van der Waals surface area contributed by atoms with Crippen molar-refractivity contribution >= 4 is 45.3 Å². The van der Waals surface area contributed by atoms with Crippen molar-refractivity contribution in [3.63, 3.8) is 0 Å². The fraction of sp³-hybridized carbons (Fsp3) is 0.143. The minimum atomic E-state index is -0.703. The third kappa shape index (κ3) is 3.93. The van der Waals surface area contributed by atoms with E-state index in [1.54, 1.807) is 42.5 Å². The molecule has 3 aromatic rings. The second kappa shape index (κ2) is 7.92. The Hall–Kier alpha value is -3.39. The Kier molecular flexibility index (Phi) is 5.18. The van der Waals surface area contributed by atoms with Gasteiger partial charge in [-0.25, -0.2) is 9.79 Å². The molecule has 2 amide bonds. The quantitative estimate of drug-likeness (QED) is 0.651. The van der Waals surface area contributed by atoms with E-state index in [4.69, 9.17) is 9.15 Å². The highest BCUT2D eigenvalue weighted by Gasteiger charge is 2.32. The minimum absolute atomic E-state index is 0.0759. The molecule has 1 aromatic heterocycles. The maximum absolute atomic E-state index is 12.4. The normalized spacial score (nSPS) is 16.0. The number of anilines is 1. The molecular formula is C21H16N2O5S. The van der Waals surface area contributed by atoms with Gasteiger partial charge in [0.05, 0.1) is 18.4 Å².